The van der Waals surface area contributed by atoms with E-state index in [0.717, 1.165) is 12.8 Å². The summed E-state index contributed by atoms with van der Waals surface area (Å²) in [4.78, 5) is 26.8. The summed E-state index contributed by atoms with van der Waals surface area (Å²) in [5.74, 6) is 0.531. The Morgan fingerprint density at radius 2 is 1.81 bits per heavy atom. The molecule has 0 aromatic heterocycles. The number of carbonyl (C=O) groups excluding carboxylic acids is 2. The van der Waals surface area contributed by atoms with Crippen molar-refractivity contribution in [1.29, 1.82) is 0 Å². The molecule has 7 heteroatoms. The van der Waals surface area contributed by atoms with Crippen LogP contribution in [0.25, 0.3) is 0 Å². The number of piperidine rings is 1. The molecular formula is C20H28ClNO5. The lowest BCUT2D eigenvalue weighted by atomic mass is 9.99. The SMILES string of the molecule is COc1cc(C(=O)O[C@@H](C)C(=O)N2CCC(C)CC2)cc(Cl)c1OC(C)C. The van der Waals surface area contributed by atoms with E-state index >= 15 is 0 Å². The fraction of sp³-hybridized carbons (Fsp3) is 0.600. The predicted octanol–water partition coefficient (Wildman–Crippen LogP) is 3.94. The first-order valence-corrected chi connectivity index (χ1v) is 9.64. The first-order valence-electron chi connectivity index (χ1n) is 9.26. The molecule has 1 atom stereocenters. The third-order valence-corrected chi connectivity index (χ3v) is 4.83. The lowest BCUT2D eigenvalue weighted by Gasteiger charge is -2.31. The van der Waals surface area contributed by atoms with Gasteiger partial charge in [0.15, 0.2) is 17.6 Å². The Labute approximate surface area is 165 Å². The molecule has 1 fully saturated rings. The van der Waals surface area contributed by atoms with E-state index < -0.39 is 12.1 Å². The van der Waals surface area contributed by atoms with E-state index in [4.69, 9.17) is 25.8 Å². The molecule has 1 amide bonds. The predicted molar refractivity (Wildman–Crippen MR) is 104 cm³/mol. The fourth-order valence-electron chi connectivity index (χ4n) is 2.95. The summed E-state index contributed by atoms with van der Waals surface area (Å²) in [7, 11) is 1.47. The number of halogens is 1. The molecule has 0 N–H and O–H groups in total. The molecule has 1 aromatic carbocycles. The monoisotopic (exact) mass is 397 g/mol. The molecule has 1 heterocycles. The summed E-state index contributed by atoms with van der Waals surface area (Å²) < 4.78 is 16.3. The number of rotatable bonds is 6. The highest BCUT2D eigenvalue weighted by Gasteiger charge is 2.27. The van der Waals surface area contributed by atoms with Crippen molar-refractivity contribution in [3.8, 4) is 11.5 Å². The summed E-state index contributed by atoms with van der Waals surface area (Å²) in [5.41, 5.74) is 0.208. The topological polar surface area (TPSA) is 65.1 Å². The zero-order valence-corrected chi connectivity index (χ0v) is 17.3. The van der Waals surface area contributed by atoms with Gasteiger partial charge in [-0.2, -0.15) is 0 Å². The second-order valence-corrected chi connectivity index (χ2v) is 7.62. The van der Waals surface area contributed by atoms with Crippen LogP contribution < -0.4 is 9.47 Å². The molecular weight excluding hydrogens is 370 g/mol. The normalized spacial score (nSPS) is 16.2. The van der Waals surface area contributed by atoms with E-state index in [1.807, 2.05) is 13.8 Å². The molecule has 150 valence electrons. The summed E-state index contributed by atoms with van der Waals surface area (Å²) >= 11 is 6.25. The lowest BCUT2D eigenvalue weighted by molar-refractivity contribution is -0.141. The van der Waals surface area contributed by atoms with Crippen molar-refractivity contribution in [1.82, 2.24) is 4.90 Å². The van der Waals surface area contributed by atoms with E-state index in [9.17, 15) is 9.59 Å². The lowest BCUT2D eigenvalue weighted by Crippen LogP contribution is -2.44. The Bertz CT molecular complexity index is 683. The van der Waals surface area contributed by atoms with E-state index in [1.54, 1.807) is 11.8 Å². The Balaban J connectivity index is 2.08. The van der Waals surface area contributed by atoms with Gasteiger partial charge in [0.1, 0.15) is 0 Å². The van der Waals surface area contributed by atoms with Gasteiger partial charge in [0.05, 0.1) is 23.8 Å². The van der Waals surface area contributed by atoms with Crippen molar-refractivity contribution in [2.45, 2.75) is 52.7 Å². The van der Waals surface area contributed by atoms with Crippen molar-refractivity contribution in [2.24, 2.45) is 5.92 Å². The van der Waals surface area contributed by atoms with Crippen LogP contribution in [0.15, 0.2) is 12.1 Å². The molecule has 0 spiro atoms. The smallest absolute Gasteiger partial charge is 0.339 e. The van der Waals surface area contributed by atoms with Crippen LogP contribution in [0.2, 0.25) is 5.02 Å². The van der Waals surface area contributed by atoms with Crippen molar-refractivity contribution in [3.63, 3.8) is 0 Å². The molecule has 0 aliphatic carbocycles. The number of benzene rings is 1. The Kier molecular flexibility index (Phi) is 7.36. The van der Waals surface area contributed by atoms with Gasteiger partial charge in [-0.1, -0.05) is 18.5 Å². The number of esters is 1. The largest absolute Gasteiger partial charge is 0.493 e. The number of likely N-dealkylation sites (tertiary alicyclic amines) is 1. The summed E-state index contributed by atoms with van der Waals surface area (Å²) in [5, 5.41) is 0.249. The molecule has 0 bridgehead atoms. The minimum Gasteiger partial charge on any atom is -0.493 e. The molecule has 1 aliphatic rings. The summed E-state index contributed by atoms with van der Waals surface area (Å²) in [6.07, 6.45) is 0.980. The van der Waals surface area contributed by atoms with Gasteiger partial charge in [0.25, 0.3) is 5.91 Å². The van der Waals surface area contributed by atoms with Gasteiger partial charge in [-0.25, -0.2) is 4.79 Å². The van der Waals surface area contributed by atoms with Gasteiger partial charge < -0.3 is 19.1 Å². The van der Waals surface area contributed by atoms with E-state index in [2.05, 4.69) is 6.92 Å². The average molecular weight is 398 g/mol. The van der Waals surface area contributed by atoms with Crippen molar-refractivity contribution in [2.75, 3.05) is 20.2 Å². The van der Waals surface area contributed by atoms with Gasteiger partial charge in [0.2, 0.25) is 0 Å². The standard InChI is InChI=1S/C20H28ClNO5/c1-12(2)26-18-16(21)10-15(11-17(18)25-5)20(24)27-14(4)19(23)22-8-6-13(3)7-9-22/h10-14H,6-9H2,1-5H3/t14-/m0/s1. The van der Waals surface area contributed by atoms with Crippen molar-refractivity contribution < 1.29 is 23.8 Å². The molecule has 27 heavy (non-hydrogen) atoms. The van der Waals surface area contributed by atoms with Gasteiger partial charge in [-0.05, 0) is 51.7 Å². The van der Waals surface area contributed by atoms with Gasteiger partial charge in [-0.3, -0.25) is 4.79 Å². The molecule has 1 aliphatic heterocycles. The maximum absolute atomic E-state index is 12.5. The molecule has 2 rings (SSSR count). The molecule has 1 saturated heterocycles. The highest BCUT2D eigenvalue weighted by molar-refractivity contribution is 6.32. The van der Waals surface area contributed by atoms with Crippen LogP contribution in [0, 0.1) is 5.92 Å². The Morgan fingerprint density at radius 3 is 2.37 bits per heavy atom. The average Bonchev–Trinajstić information content (AvgIpc) is 2.62. The fourth-order valence-corrected chi connectivity index (χ4v) is 3.21. The van der Waals surface area contributed by atoms with E-state index in [-0.39, 0.29) is 22.6 Å². The van der Waals surface area contributed by atoms with Crippen molar-refractivity contribution >= 4 is 23.5 Å². The quantitative estimate of drug-likeness (QED) is 0.680. The zero-order chi connectivity index (χ0) is 20.1. The van der Waals surface area contributed by atoms with Gasteiger partial charge >= 0.3 is 5.97 Å². The number of hydrogen-bond acceptors (Lipinski definition) is 5. The maximum Gasteiger partial charge on any atom is 0.339 e. The van der Waals surface area contributed by atoms with Gasteiger partial charge in [-0.15, -0.1) is 0 Å². The Hall–Kier alpha value is -1.95. The second-order valence-electron chi connectivity index (χ2n) is 7.21. The first kappa shape index (κ1) is 21.4. The highest BCUT2D eigenvalue weighted by atomic mass is 35.5. The molecule has 1 aromatic rings. The number of amides is 1. The molecule has 6 nitrogen and oxygen atoms in total. The minimum atomic E-state index is -0.859. The van der Waals surface area contributed by atoms with Crippen LogP contribution in [-0.2, 0) is 9.53 Å². The van der Waals surface area contributed by atoms with Crippen LogP contribution in [0.5, 0.6) is 11.5 Å². The van der Waals surface area contributed by atoms with E-state index in [0.29, 0.717) is 30.5 Å². The number of methoxy groups -OCH3 is 1. The van der Waals surface area contributed by atoms with Crippen LogP contribution in [-0.4, -0.2) is 49.2 Å². The third-order valence-electron chi connectivity index (χ3n) is 4.55. The third kappa shape index (κ3) is 5.51. The van der Waals surface area contributed by atoms with E-state index in [1.165, 1.54) is 19.2 Å². The van der Waals surface area contributed by atoms with Crippen molar-refractivity contribution in [3.05, 3.63) is 22.7 Å². The summed E-state index contributed by atoms with van der Waals surface area (Å²) in [6, 6.07) is 2.97. The molecule has 0 saturated carbocycles. The van der Waals surface area contributed by atoms with Gasteiger partial charge in [0, 0.05) is 13.1 Å². The van der Waals surface area contributed by atoms with Crippen LogP contribution in [0.3, 0.4) is 0 Å². The number of hydrogen-bond donors (Lipinski definition) is 0. The van der Waals surface area contributed by atoms with Crippen LogP contribution in [0.4, 0.5) is 0 Å². The molecule has 0 unspecified atom stereocenters. The highest BCUT2D eigenvalue weighted by Crippen LogP contribution is 2.37. The van der Waals surface area contributed by atoms with Crippen LogP contribution in [0.1, 0.15) is 50.9 Å². The second kappa shape index (κ2) is 9.31. The number of carbonyl (C=O) groups is 2. The van der Waals surface area contributed by atoms with Crippen LogP contribution >= 0.6 is 11.6 Å². The Morgan fingerprint density at radius 1 is 1.19 bits per heavy atom. The molecule has 0 radical (unpaired) electrons. The maximum atomic E-state index is 12.5. The summed E-state index contributed by atoms with van der Waals surface area (Å²) in [6.45, 7) is 8.90. The zero-order valence-electron chi connectivity index (χ0n) is 16.6. The first-order chi connectivity index (χ1) is 12.7. The number of ether oxygens (including phenoxy) is 3. The minimum absolute atomic E-state index is 0.0980. The number of nitrogens with zero attached hydrogens (tertiary/aromatic N) is 1.